The van der Waals surface area contributed by atoms with Gasteiger partial charge in [0.15, 0.2) is 11.5 Å². The topological polar surface area (TPSA) is 34.1 Å². The molecule has 0 aliphatic carbocycles. The van der Waals surface area contributed by atoms with Gasteiger partial charge in [0.25, 0.3) is 0 Å². The van der Waals surface area contributed by atoms with Crippen LogP contribution in [0.2, 0.25) is 0 Å². The third-order valence-corrected chi connectivity index (χ3v) is 2.97. The van der Waals surface area contributed by atoms with E-state index in [0.29, 0.717) is 6.04 Å². The van der Waals surface area contributed by atoms with Crippen LogP contribution in [0.1, 0.15) is 17.2 Å². The first-order valence-corrected chi connectivity index (χ1v) is 4.89. The van der Waals surface area contributed by atoms with E-state index in [1.165, 1.54) is 11.1 Å². The Morgan fingerprint density at radius 2 is 2.00 bits per heavy atom. The van der Waals surface area contributed by atoms with Crippen molar-refractivity contribution in [3.05, 3.63) is 23.3 Å². The molecule has 4 nitrogen and oxygen atoms in total. The lowest BCUT2D eigenvalue weighted by molar-refractivity contribution is 0.241. The quantitative estimate of drug-likeness (QED) is 0.733. The highest BCUT2D eigenvalue weighted by Crippen LogP contribution is 2.42. The second kappa shape index (κ2) is 2.89. The molecular weight excluding hydrogens is 192 g/mol. The summed E-state index contributed by atoms with van der Waals surface area (Å²) in [5.41, 5.74) is 2.55. The predicted octanol–water partition coefficient (Wildman–Crippen LogP) is 1.56. The highest BCUT2D eigenvalue weighted by molar-refractivity contribution is 5.74. The summed E-state index contributed by atoms with van der Waals surface area (Å²) in [7, 11) is 3.32. The maximum atomic E-state index is 5.28. The maximum absolute atomic E-state index is 5.28. The van der Waals surface area contributed by atoms with Gasteiger partial charge in [-0.3, -0.25) is 5.01 Å². The lowest BCUT2D eigenvalue weighted by Crippen LogP contribution is -2.26. The molecule has 1 aromatic carbocycles. The van der Waals surface area contributed by atoms with Crippen LogP contribution in [0, 0.1) is 0 Å². The van der Waals surface area contributed by atoms with Crippen LogP contribution < -0.4 is 9.47 Å². The first-order chi connectivity index (χ1) is 7.33. The molecule has 1 atom stereocenters. The minimum absolute atomic E-state index is 0.347. The number of methoxy groups -OCH3 is 2. The van der Waals surface area contributed by atoms with E-state index in [4.69, 9.17) is 9.47 Å². The number of ether oxygens (including phenoxy) is 2. The summed E-state index contributed by atoms with van der Waals surface area (Å²) in [6.07, 6.45) is 1.96. The normalized spacial score (nSPS) is 20.7. The van der Waals surface area contributed by atoms with Crippen molar-refractivity contribution >= 4 is 6.21 Å². The van der Waals surface area contributed by atoms with Crippen molar-refractivity contribution in [2.45, 2.75) is 12.6 Å². The fourth-order valence-electron chi connectivity index (χ4n) is 2.13. The number of hydrogen-bond acceptors (Lipinski definition) is 4. The van der Waals surface area contributed by atoms with E-state index < -0.39 is 0 Å². The molecule has 3 rings (SSSR count). The average Bonchev–Trinajstić information content (AvgIpc) is 2.47. The third-order valence-electron chi connectivity index (χ3n) is 2.97. The Balaban J connectivity index is 2.10. The van der Waals surface area contributed by atoms with E-state index in [9.17, 15) is 0 Å². The number of rotatable bonds is 2. The van der Waals surface area contributed by atoms with Crippen molar-refractivity contribution in [3.63, 3.8) is 0 Å². The zero-order valence-electron chi connectivity index (χ0n) is 8.73. The van der Waals surface area contributed by atoms with E-state index in [1.807, 2.05) is 18.3 Å². The Morgan fingerprint density at radius 3 is 2.60 bits per heavy atom. The first kappa shape index (κ1) is 8.59. The molecule has 0 aromatic heterocycles. The van der Waals surface area contributed by atoms with Crippen molar-refractivity contribution in [2.75, 3.05) is 14.2 Å². The lowest BCUT2D eigenvalue weighted by Gasteiger charge is -2.26. The Labute approximate surface area is 88.1 Å². The molecule has 0 bridgehead atoms. The van der Waals surface area contributed by atoms with Gasteiger partial charge in [-0.1, -0.05) is 0 Å². The van der Waals surface area contributed by atoms with Gasteiger partial charge in [0.1, 0.15) is 6.04 Å². The zero-order valence-corrected chi connectivity index (χ0v) is 8.73. The van der Waals surface area contributed by atoms with Crippen LogP contribution in [0.15, 0.2) is 17.2 Å². The van der Waals surface area contributed by atoms with Crippen molar-refractivity contribution in [1.29, 1.82) is 0 Å². The molecule has 1 unspecified atom stereocenters. The Bertz CT molecular complexity index is 442. The standard InChI is InChI=1S/C11H12N2O2/c1-14-10-3-7-6-13-9(5-12-13)8(7)4-11(10)15-2/h3-5,9H,6H2,1-2H3. The molecule has 78 valence electrons. The molecule has 0 spiro atoms. The minimum Gasteiger partial charge on any atom is -0.493 e. The van der Waals surface area contributed by atoms with Crippen LogP contribution in [-0.2, 0) is 6.54 Å². The average molecular weight is 204 g/mol. The summed E-state index contributed by atoms with van der Waals surface area (Å²) in [4.78, 5) is 0. The highest BCUT2D eigenvalue weighted by Gasteiger charge is 2.34. The number of fused-ring (bicyclic) bond motifs is 3. The van der Waals surface area contributed by atoms with Crippen LogP contribution in [-0.4, -0.2) is 25.4 Å². The summed E-state index contributed by atoms with van der Waals surface area (Å²) in [5, 5.41) is 6.24. The van der Waals surface area contributed by atoms with Gasteiger partial charge in [-0.2, -0.15) is 5.10 Å². The van der Waals surface area contributed by atoms with Gasteiger partial charge in [-0.25, -0.2) is 0 Å². The van der Waals surface area contributed by atoms with Crippen LogP contribution >= 0.6 is 0 Å². The van der Waals surface area contributed by atoms with E-state index in [0.717, 1.165) is 18.0 Å². The van der Waals surface area contributed by atoms with Gasteiger partial charge in [-0.05, 0) is 23.3 Å². The predicted molar refractivity (Wildman–Crippen MR) is 56.3 cm³/mol. The molecule has 15 heavy (non-hydrogen) atoms. The molecular formula is C11H12N2O2. The second-order valence-corrected chi connectivity index (χ2v) is 3.71. The molecule has 2 heterocycles. The molecule has 0 N–H and O–H groups in total. The minimum atomic E-state index is 0.347. The second-order valence-electron chi connectivity index (χ2n) is 3.71. The monoisotopic (exact) mass is 204 g/mol. The number of hydrazone groups is 1. The van der Waals surface area contributed by atoms with Crippen LogP contribution in [0.25, 0.3) is 0 Å². The molecule has 0 saturated heterocycles. The molecule has 1 aromatic rings. The summed E-state index contributed by atoms with van der Waals surface area (Å²) in [6.45, 7) is 0.872. The molecule has 0 saturated carbocycles. The van der Waals surface area contributed by atoms with E-state index in [1.54, 1.807) is 14.2 Å². The summed E-state index contributed by atoms with van der Waals surface area (Å²) in [6, 6.07) is 4.43. The Hall–Kier alpha value is -1.71. The van der Waals surface area contributed by atoms with Crippen molar-refractivity contribution in [3.8, 4) is 11.5 Å². The summed E-state index contributed by atoms with van der Waals surface area (Å²) in [5.74, 6) is 1.58. The lowest BCUT2D eigenvalue weighted by atomic mass is 10.0. The van der Waals surface area contributed by atoms with Gasteiger partial charge < -0.3 is 9.47 Å². The summed E-state index contributed by atoms with van der Waals surface area (Å²) >= 11 is 0. The fourth-order valence-corrected chi connectivity index (χ4v) is 2.13. The van der Waals surface area contributed by atoms with E-state index >= 15 is 0 Å². The smallest absolute Gasteiger partial charge is 0.161 e. The van der Waals surface area contributed by atoms with Gasteiger partial charge in [-0.15, -0.1) is 0 Å². The van der Waals surface area contributed by atoms with E-state index in [2.05, 4.69) is 10.1 Å². The van der Waals surface area contributed by atoms with Crippen molar-refractivity contribution in [1.82, 2.24) is 5.01 Å². The van der Waals surface area contributed by atoms with Gasteiger partial charge in [0.2, 0.25) is 0 Å². The van der Waals surface area contributed by atoms with Gasteiger partial charge in [0.05, 0.1) is 27.0 Å². The van der Waals surface area contributed by atoms with Gasteiger partial charge in [0, 0.05) is 0 Å². The molecule has 2 aliphatic heterocycles. The zero-order chi connectivity index (χ0) is 10.4. The van der Waals surface area contributed by atoms with Crippen LogP contribution in [0.5, 0.6) is 11.5 Å². The van der Waals surface area contributed by atoms with Crippen LogP contribution in [0.4, 0.5) is 0 Å². The molecule has 0 radical (unpaired) electrons. The highest BCUT2D eigenvalue weighted by atomic mass is 16.5. The molecule has 2 aliphatic rings. The Kier molecular flexibility index (Phi) is 1.65. The molecule has 0 fully saturated rings. The number of nitrogens with zero attached hydrogens (tertiary/aromatic N) is 2. The van der Waals surface area contributed by atoms with E-state index in [-0.39, 0.29) is 0 Å². The summed E-state index contributed by atoms with van der Waals surface area (Å²) < 4.78 is 10.5. The molecule has 4 heteroatoms. The number of hydrogen-bond donors (Lipinski definition) is 0. The molecule has 0 amide bonds. The third kappa shape index (κ3) is 1.04. The maximum Gasteiger partial charge on any atom is 0.161 e. The SMILES string of the molecule is COc1cc2c(cc1OC)C1C=NN1C2. The first-order valence-electron chi connectivity index (χ1n) is 4.89. The van der Waals surface area contributed by atoms with Crippen molar-refractivity contribution < 1.29 is 9.47 Å². The Morgan fingerprint density at radius 1 is 1.27 bits per heavy atom. The largest absolute Gasteiger partial charge is 0.493 e. The van der Waals surface area contributed by atoms with Crippen molar-refractivity contribution in [2.24, 2.45) is 5.10 Å². The van der Waals surface area contributed by atoms with Crippen LogP contribution in [0.3, 0.4) is 0 Å². The number of benzene rings is 1. The van der Waals surface area contributed by atoms with Gasteiger partial charge >= 0.3 is 0 Å². The fraction of sp³-hybridized carbons (Fsp3) is 0.364.